The Hall–Kier alpha value is -2.02. The molecule has 0 radical (unpaired) electrons. The van der Waals surface area contributed by atoms with Gasteiger partial charge in [0, 0.05) is 30.4 Å². The van der Waals surface area contributed by atoms with Gasteiger partial charge in [-0.25, -0.2) is 0 Å². The zero-order chi connectivity index (χ0) is 15.3. The lowest BCUT2D eigenvalue weighted by Crippen LogP contribution is -2.26. The monoisotopic (exact) mass is 281 g/mol. The third-order valence-electron chi connectivity index (χ3n) is 3.22. The number of nitro groups is 1. The maximum atomic E-state index is 11.1. The molecule has 20 heavy (non-hydrogen) atoms. The van der Waals surface area contributed by atoms with Gasteiger partial charge in [0.25, 0.3) is 5.69 Å². The third kappa shape index (κ3) is 3.99. The summed E-state index contributed by atoms with van der Waals surface area (Å²) in [5.74, 6) is -0.858. The number of carboxylic acid groups (broad SMARTS) is 1. The zero-order valence-corrected chi connectivity index (χ0v) is 11.9. The minimum atomic E-state index is -0.858. The van der Waals surface area contributed by atoms with Gasteiger partial charge in [0.1, 0.15) is 0 Å². The van der Waals surface area contributed by atoms with Crippen molar-refractivity contribution in [1.82, 2.24) is 9.88 Å². The van der Waals surface area contributed by atoms with Crippen LogP contribution in [0.25, 0.3) is 0 Å². The van der Waals surface area contributed by atoms with Crippen LogP contribution in [0.1, 0.15) is 30.2 Å². The van der Waals surface area contributed by atoms with Gasteiger partial charge in [-0.1, -0.05) is 6.92 Å². The summed E-state index contributed by atoms with van der Waals surface area (Å²) in [6.45, 7) is 6.73. The smallest absolute Gasteiger partial charge is 0.304 e. The second-order valence-electron chi connectivity index (χ2n) is 4.63. The molecule has 0 aliphatic carbocycles. The van der Waals surface area contributed by atoms with Crippen LogP contribution in [0, 0.1) is 24.0 Å². The number of carboxylic acids is 1. The third-order valence-corrected chi connectivity index (χ3v) is 3.22. The number of rotatable bonds is 7. The van der Waals surface area contributed by atoms with Crippen molar-refractivity contribution < 1.29 is 14.8 Å². The van der Waals surface area contributed by atoms with E-state index in [2.05, 4.69) is 4.98 Å². The molecule has 0 aliphatic heterocycles. The molecular weight excluding hydrogens is 262 g/mol. The van der Waals surface area contributed by atoms with E-state index in [1.807, 2.05) is 11.8 Å². The van der Waals surface area contributed by atoms with Gasteiger partial charge in [-0.15, -0.1) is 0 Å². The molecule has 0 spiro atoms. The molecule has 1 N–H and O–H groups in total. The molecule has 0 saturated carbocycles. The van der Waals surface area contributed by atoms with Gasteiger partial charge in [-0.05, 0) is 20.4 Å². The maximum Gasteiger partial charge on any atom is 0.304 e. The first-order valence-corrected chi connectivity index (χ1v) is 6.40. The lowest BCUT2D eigenvalue weighted by Gasteiger charge is -2.20. The molecule has 0 aliphatic rings. The first-order valence-electron chi connectivity index (χ1n) is 6.40. The number of nitrogens with zero attached hydrogens (tertiary/aromatic N) is 3. The van der Waals surface area contributed by atoms with Crippen LogP contribution >= 0.6 is 0 Å². The minimum absolute atomic E-state index is 0.0425. The highest BCUT2D eigenvalue weighted by Crippen LogP contribution is 2.24. The topological polar surface area (TPSA) is 96.6 Å². The molecule has 7 heteroatoms. The Labute approximate surface area is 117 Å². The van der Waals surface area contributed by atoms with Crippen molar-refractivity contribution >= 4 is 11.7 Å². The van der Waals surface area contributed by atoms with Crippen molar-refractivity contribution in [2.24, 2.45) is 0 Å². The summed E-state index contributed by atoms with van der Waals surface area (Å²) in [5, 5.41) is 19.8. The highest BCUT2D eigenvalue weighted by molar-refractivity contribution is 5.66. The van der Waals surface area contributed by atoms with Crippen molar-refractivity contribution in [2.75, 3.05) is 13.1 Å². The molecule has 0 unspecified atom stereocenters. The van der Waals surface area contributed by atoms with Gasteiger partial charge in [0.15, 0.2) is 0 Å². The number of hydrogen-bond acceptors (Lipinski definition) is 5. The second kappa shape index (κ2) is 6.95. The quantitative estimate of drug-likeness (QED) is 0.605. The highest BCUT2D eigenvalue weighted by atomic mass is 16.6. The summed E-state index contributed by atoms with van der Waals surface area (Å²) in [6, 6.07) is 0. The summed E-state index contributed by atoms with van der Waals surface area (Å²) in [5.41, 5.74) is 1.78. The van der Waals surface area contributed by atoms with Crippen molar-refractivity contribution in [2.45, 2.75) is 33.7 Å². The first-order chi connectivity index (χ1) is 9.36. The van der Waals surface area contributed by atoms with Crippen LogP contribution in [-0.2, 0) is 11.3 Å². The van der Waals surface area contributed by atoms with E-state index in [-0.39, 0.29) is 12.1 Å². The Kier molecular flexibility index (Phi) is 5.57. The van der Waals surface area contributed by atoms with Crippen LogP contribution in [0.3, 0.4) is 0 Å². The number of aromatic nitrogens is 1. The second-order valence-corrected chi connectivity index (χ2v) is 4.63. The largest absolute Gasteiger partial charge is 0.481 e. The SMILES string of the molecule is CCN(CCC(=O)O)Cc1ncc(C)c([N+](=O)[O-])c1C. The number of aryl methyl sites for hydroxylation is 1. The van der Waals surface area contributed by atoms with E-state index >= 15 is 0 Å². The number of hydrogen-bond donors (Lipinski definition) is 1. The minimum Gasteiger partial charge on any atom is -0.481 e. The van der Waals surface area contributed by atoms with Gasteiger partial charge in [-0.3, -0.25) is 24.8 Å². The molecule has 0 aromatic carbocycles. The summed E-state index contributed by atoms with van der Waals surface area (Å²) in [4.78, 5) is 27.4. The standard InChI is InChI=1S/C13H19N3O4/c1-4-15(6-5-12(17)18)8-11-10(3)13(16(19)20)9(2)7-14-11/h7H,4-6,8H2,1-3H3,(H,17,18). The van der Waals surface area contributed by atoms with E-state index in [1.54, 1.807) is 13.8 Å². The van der Waals surface area contributed by atoms with Crippen molar-refractivity contribution in [3.63, 3.8) is 0 Å². The summed E-state index contributed by atoms with van der Waals surface area (Å²) < 4.78 is 0. The van der Waals surface area contributed by atoms with Gasteiger partial charge in [0.05, 0.1) is 17.0 Å². The first kappa shape index (κ1) is 16.0. The Morgan fingerprint density at radius 2 is 2.15 bits per heavy atom. The predicted octanol–water partition coefficient (Wildman–Crippen LogP) is 1.90. The van der Waals surface area contributed by atoms with E-state index < -0.39 is 10.9 Å². The van der Waals surface area contributed by atoms with Crippen LogP contribution in [-0.4, -0.2) is 39.0 Å². The lowest BCUT2D eigenvalue weighted by atomic mass is 10.1. The van der Waals surface area contributed by atoms with E-state index in [4.69, 9.17) is 5.11 Å². The van der Waals surface area contributed by atoms with Gasteiger partial charge < -0.3 is 5.11 Å². The van der Waals surface area contributed by atoms with Crippen LogP contribution < -0.4 is 0 Å². The molecule has 0 saturated heterocycles. The lowest BCUT2D eigenvalue weighted by molar-refractivity contribution is -0.386. The Bertz CT molecular complexity index is 517. The molecule has 0 fully saturated rings. The molecule has 1 aromatic heterocycles. The molecular formula is C13H19N3O4. The molecule has 7 nitrogen and oxygen atoms in total. The molecule has 0 amide bonds. The Morgan fingerprint density at radius 1 is 1.50 bits per heavy atom. The van der Waals surface area contributed by atoms with E-state index in [0.717, 1.165) is 0 Å². The van der Waals surface area contributed by atoms with Crippen LogP contribution in [0.5, 0.6) is 0 Å². The fraction of sp³-hybridized carbons (Fsp3) is 0.538. The summed E-state index contributed by atoms with van der Waals surface area (Å²) in [7, 11) is 0. The van der Waals surface area contributed by atoms with E-state index in [1.165, 1.54) is 6.20 Å². The zero-order valence-electron chi connectivity index (χ0n) is 11.9. The predicted molar refractivity (Wildman–Crippen MR) is 73.6 cm³/mol. The Morgan fingerprint density at radius 3 is 2.65 bits per heavy atom. The number of pyridine rings is 1. The highest BCUT2D eigenvalue weighted by Gasteiger charge is 2.19. The fourth-order valence-corrected chi connectivity index (χ4v) is 2.02. The molecule has 1 rings (SSSR count). The van der Waals surface area contributed by atoms with E-state index in [0.29, 0.717) is 36.5 Å². The van der Waals surface area contributed by atoms with Crippen molar-refractivity contribution in [3.8, 4) is 0 Å². The molecule has 1 aromatic rings. The molecule has 0 atom stereocenters. The summed E-state index contributed by atoms with van der Waals surface area (Å²) in [6.07, 6.45) is 1.53. The van der Waals surface area contributed by atoms with Crippen LogP contribution in [0.15, 0.2) is 6.20 Å². The average molecular weight is 281 g/mol. The van der Waals surface area contributed by atoms with Crippen LogP contribution in [0.4, 0.5) is 5.69 Å². The molecule has 0 bridgehead atoms. The van der Waals surface area contributed by atoms with Crippen molar-refractivity contribution in [3.05, 3.63) is 33.1 Å². The van der Waals surface area contributed by atoms with Crippen molar-refractivity contribution in [1.29, 1.82) is 0 Å². The Balaban J connectivity index is 2.94. The number of aliphatic carboxylic acids is 1. The number of carbonyl (C=O) groups is 1. The normalized spacial score (nSPS) is 10.8. The maximum absolute atomic E-state index is 11.1. The molecule has 1 heterocycles. The molecule has 110 valence electrons. The average Bonchev–Trinajstić information content (AvgIpc) is 2.36. The fourth-order valence-electron chi connectivity index (χ4n) is 2.02. The van der Waals surface area contributed by atoms with Gasteiger partial charge >= 0.3 is 5.97 Å². The van der Waals surface area contributed by atoms with Gasteiger partial charge in [0.2, 0.25) is 0 Å². The van der Waals surface area contributed by atoms with E-state index in [9.17, 15) is 14.9 Å². The summed E-state index contributed by atoms with van der Waals surface area (Å²) >= 11 is 0. The van der Waals surface area contributed by atoms with Gasteiger partial charge in [-0.2, -0.15) is 0 Å². The van der Waals surface area contributed by atoms with Crippen LogP contribution in [0.2, 0.25) is 0 Å².